The summed E-state index contributed by atoms with van der Waals surface area (Å²) in [5.41, 5.74) is -0.990. The van der Waals surface area contributed by atoms with Crippen molar-refractivity contribution >= 4 is 5.69 Å². The number of hydrogen-bond acceptors (Lipinski definition) is 6. The second kappa shape index (κ2) is 5.38. The minimum atomic E-state index is -5.08. The molecule has 0 amide bonds. The van der Waals surface area contributed by atoms with E-state index in [0.29, 0.717) is 0 Å². The van der Waals surface area contributed by atoms with E-state index in [4.69, 9.17) is 5.26 Å². The number of aromatic nitrogens is 1. The Balaban J connectivity index is 3.40. The lowest BCUT2D eigenvalue weighted by Gasteiger charge is -2.12. The molecule has 0 radical (unpaired) electrons. The summed E-state index contributed by atoms with van der Waals surface area (Å²) < 4.78 is 44.5. The van der Waals surface area contributed by atoms with Crippen molar-refractivity contribution in [3.8, 4) is 17.7 Å². The first-order valence-electron chi connectivity index (χ1n) is 4.63. The minimum Gasteiger partial charge on any atom is -0.486 e. The summed E-state index contributed by atoms with van der Waals surface area (Å²) in [6.07, 6.45) is -5.49. The van der Waals surface area contributed by atoms with Gasteiger partial charge < -0.3 is 9.47 Å². The largest absolute Gasteiger partial charge is 0.574 e. The van der Waals surface area contributed by atoms with Crippen molar-refractivity contribution in [2.75, 3.05) is 7.11 Å². The predicted molar refractivity (Wildman–Crippen MR) is 53.4 cm³/mol. The molecule has 0 aliphatic heterocycles. The molecule has 19 heavy (non-hydrogen) atoms. The van der Waals surface area contributed by atoms with Crippen LogP contribution < -0.4 is 9.47 Å². The van der Waals surface area contributed by atoms with E-state index in [2.05, 4.69) is 14.5 Å². The fourth-order valence-electron chi connectivity index (χ4n) is 1.22. The third-order valence-electron chi connectivity index (χ3n) is 1.85. The molecule has 0 fully saturated rings. The van der Waals surface area contributed by atoms with Crippen LogP contribution >= 0.6 is 0 Å². The van der Waals surface area contributed by atoms with E-state index in [9.17, 15) is 23.3 Å². The molecule has 1 heterocycles. The molecule has 0 aromatic carbocycles. The lowest BCUT2D eigenvalue weighted by Crippen LogP contribution is -2.19. The van der Waals surface area contributed by atoms with E-state index < -0.39 is 35.0 Å². The summed E-state index contributed by atoms with van der Waals surface area (Å²) in [6, 6.07) is 2.47. The molecule has 0 aliphatic carbocycles. The van der Waals surface area contributed by atoms with E-state index in [1.54, 1.807) is 6.07 Å². The van der Waals surface area contributed by atoms with Crippen LogP contribution in [-0.4, -0.2) is 23.4 Å². The molecule has 0 bridgehead atoms. The zero-order valence-electron chi connectivity index (χ0n) is 9.39. The van der Waals surface area contributed by atoms with Crippen LogP contribution in [0.5, 0.6) is 11.6 Å². The molecule has 0 saturated heterocycles. The van der Waals surface area contributed by atoms with Gasteiger partial charge in [-0.3, -0.25) is 10.1 Å². The highest BCUT2D eigenvalue weighted by Crippen LogP contribution is 2.38. The smallest absolute Gasteiger partial charge is 0.486 e. The maximum atomic E-state index is 12.2. The SMILES string of the molecule is COc1c([N+](=O)[O-])cc(CC#N)nc1OC(F)(F)F. The number of rotatable bonds is 4. The van der Waals surface area contributed by atoms with Gasteiger partial charge in [0.1, 0.15) is 0 Å². The van der Waals surface area contributed by atoms with Crippen molar-refractivity contribution in [3.05, 3.63) is 21.9 Å². The molecule has 0 aliphatic rings. The lowest BCUT2D eigenvalue weighted by molar-refractivity contribution is -0.386. The highest BCUT2D eigenvalue weighted by molar-refractivity contribution is 5.53. The summed E-state index contributed by atoms with van der Waals surface area (Å²) in [4.78, 5) is 13.1. The number of ether oxygens (including phenoxy) is 2. The Kier molecular flexibility index (Phi) is 4.11. The molecule has 1 rings (SSSR count). The fourth-order valence-corrected chi connectivity index (χ4v) is 1.22. The molecule has 0 unspecified atom stereocenters. The van der Waals surface area contributed by atoms with Crippen LogP contribution in [0.2, 0.25) is 0 Å². The molecular weight excluding hydrogens is 271 g/mol. The molecule has 0 spiro atoms. The van der Waals surface area contributed by atoms with E-state index >= 15 is 0 Å². The van der Waals surface area contributed by atoms with Gasteiger partial charge in [-0.1, -0.05) is 0 Å². The molecule has 10 heteroatoms. The number of nitro groups is 1. The lowest BCUT2D eigenvalue weighted by atomic mass is 10.2. The average molecular weight is 277 g/mol. The first-order chi connectivity index (χ1) is 8.78. The van der Waals surface area contributed by atoms with Crippen LogP contribution in [0.25, 0.3) is 0 Å². The topological polar surface area (TPSA) is 98.3 Å². The molecule has 102 valence electrons. The number of hydrogen-bond donors (Lipinski definition) is 0. The van der Waals surface area contributed by atoms with Crippen molar-refractivity contribution in [3.63, 3.8) is 0 Å². The van der Waals surface area contributed by atoms with Gasteiger partial charge in [-0.25, -0.2) is 4.98 Å². The second-order valence-electron chi connectivity index (χ2n) is 3.11. The maximum absolute atomic E-state index is 12.2. The predicted octanol–water partition coefficient (Wildman–Crippen LogP) is 1.96. The van der Waals surface area contributed by atoms with Gasteiger partial charge in [0, 0.05) is 6.07 Å². The van der Waals surface area contributed by atoms with E-state index in [1.807, 2.05) is 0 Å². The van der Waals surface area contributed by atoms with Gasteiger partial charge >= 0.3 is 12.0 Å². The Hall–Kier alpha value is -2.57. The molecule has 1 aromatic heterocycles. The zero-order chi connectivity index (χ0) is 14.6. The summed E-state index contributed by atoms with van der Waals surface area (Å²) in [5.74, 6) is -1.86. The summed E-state index contributed by atoms with van der Waals surface area (Å²) in [6.45, 7) is 0. The summed E-state index contributed by atoms with van der Waals surface area (Å²) in [7, 11) is 0.942. The first kappa shape index (κ1) is 14.5. The molecule has 1 aromatic rings. The summed E-state index contributed by atoms with van der Waals surface area (Å²) >= 11 is 0. The number of methoxy groups -OCH3 is 1. The monoisotopic (exact) mass is 277 g/mol. The van der Waals surface area contributed by atoms with Crippen LogP contribution in [0.3, 0.4) is 0 Å². The first-order valence-corrected chi connectivity index (χ1v) is 4.63. The average Bonchev–Trinajstić information content (AvgIpc) is 2.26. The second-order valence-corrected chi connectivity index (χ2v) is 3.11. The number of nitriles is 1. The number of halogens is 3. The minimum absolute atomic E-state index is 0.228. The van der Waals surface area contributed by atoms with Gasteiger partial charge in [0.25, 0.3) is 11.6 Å². The van der Waals surface area contributed by atoms with Gasteiger partial charge in [-0.05, 0) is 0 Å². The van der Waals surface area contributed by atoms with Crippen LogP contribution in [0.15, 0.2) is 6.07 Å². The molecule has 0 atom stereocenters. The Morgan fingerprint density at radius 2 is 2.21 bits per heavy atom. The molecule has 0 N–H and O–H groups in total. The Labute approximate surface area is 104 Å². The zero-order valence-corrected chi connectivity index (χ0v) is 9.39. The molecule has 7 nitrogen and oxygen atoms in total. The van der Waals surface area contributed by atoms with Gasteiger partial charge in [0.05, 0.1) is 30.2 Å². The van der Waals surface area contributed by atoms with Crippen LogP contribution in [-0.2, 0) is 6.42 Å². The quantitative estimate of drug-likeness (QED) is 0.616. The number of pyridine rings is 1. The standard InChI is InChI=1S/C9H6F3N3O4/c1-18-7-6(15(16)17)4-5(2-3-13)14-8(7)19-9(10,11)12/h4H,2H2,1H3. The van der Waals surface area contributed by atoms with Gasteiger partial charge in [-0.2, -0.15) is 5.26 Å². The van der Waals surface area contributed by atoms with E-state index in [-0.39, 0.29) is 5.69 Å². The van der Waals surface area contributed by atoms with Crippen molar-refractivity contribution in [2.24, 2.45) is 0 Å². The third-order valence-corrected chi connectivity index (χ3v) is 1.85. The normalized spacial score (nSPS) is 10.7. The van der Waals surface area contributed by atoms with Crippen LogP contribution in [0.4, 0.5) is 18.9 Å². The van der Waals surface area contributed by atoms with Crippen LogP contribution in [0, 0.1) is 21.4 Å². The van der Waals surface area contributed by atoms with E-state index in [1.165, 1.54) is 0 Å². The Morgan fingerprint density at radius 1 is 1.58 bits per heavy atom. The highest BCUT2D eigenvalue weighted by atomic mass is 19.4. The van der Waals surface area contributed by atoms with Crippen molar-refractivity contribution in [2.45, 2.75) is 12.8 Å². The van der Waals surface area contributed by atoms with Crippen molar-refractivity contribution in [1.29, 1.82) is 5.26 Å². The Bertz CT molecular complexity index is 539. The van der Waals surface area contributed by atoms with Crippen LogP contribution in [0.1, 0.15) is 5.69 Å². The number of alkyl halides is 3. The molecular formula is C9H6F3N3O4. The maximum Gasteiger partial charge on any atom is 0.574 e. The van der Waals surface area contributed by atoms with Crippen molar-refractivity contribution < 1.29 is 27.6 Å². The molecule has 0 saturated carbocycles. The Morgan fingerprint density at radius 3 is 2.63 bits per heavy atom. The van der Waals surface area contributed by atoms with Gasteiger partial charge in [-0.15, -0.1) is 13.2 Å². The van der Waals surface area contributed by atoms with E-state index in [0.717, 1.165) is 13.2 Å². The summed E-state index contributed by atoms with van der Waals surface area (Å²) in [5, 5.41) is 19.2. The fraction of sp³-hybridized carbons (Fsp3) is 0.333. The van der Waals surface area contributed by atoms with Crippen molar-refractivity contribution in [1.82, 2.24) is 4.98 Å². The van der Waals surface area contributed by atoms with Gasteiger partial charge in [0.2, 0.25) is 0 Å². The number of nitrogens with zero attached hydrogens (tertiary/aromatic N) is 3. The van der Waals surface area contributed by atoms with Gasteiger partial charge in [0.15, 0.2) is 0 Å². The highest BCUT2D eigenvalue weighted by Gasteiger charge is 2.36. The third kappa shape index (κ3) is 3.70.